The molecule has 1 heterocycles. The Bertz CT molecular complexity index is 544. The van der Waals surface area contributed by atoms with Crippen molar-refractivity contribution in [2.24, 2.45) is 0 Å². The number of aryl methyl sites for hydroxylation is 2. The molecule has 0 bridgehead atoms. The summed E-state index contributed by atoms with van der Waals surface area (Å²) in [7, 11) is 0. The lowest BCUT2D eigenvalue weighted by molar-refractivity contribution is -0.271. The first-order valence-corrected chi connectivity index (χ1v) is 7.04. The van der Waals surface area contributed by atoms with E-state index in [2.05, 4.69) is 5.32 Å². The first-order chi connectivity index (χ1) is 10.1. The summed E-state index contributed by atoms with van der Waals surface area (Å²) in [5, 5.41) is 12.3. The highest BCUT2D eigenvalue weighted by Gasteiger charge is 2.54. The van der Waals surface area contributed by atoms with Gasteiger partial charge < -0.3 is 15.3 Å². The zero-order chi connectivity index (χ0) is 16.5. The van der Waals surface area contributed by atoms with E-state index in [0.717, 1.165) is 11.1 Å². The van der Waals surface area contributed by atoms with Gasteiger partial charge in [0.2, 0.25) is 0 Å². The van der Waals surface area contributed by atoms with Crippen molar-refractivity contribution in [3.05, 3.63) is 29.3 Å². The quantitative estimate of drug-likeness (QED) is 0.836. The van der Waals surface area contributed by atoms with E-state index < -0.39 is 30.7 Å². The van der Waals surface area contributed by atoms with E-state index in [4.69, 9.17) is 0 Å². The summed E-state index contributed by atoms with van der Waals surface area (Å²) in [5.41, 5.74) is -0.107. The van der Waals surface area contributed by atoms with E-state index in [-0.39, 0.29) is 13.1 Å². The minimum absolute atomic E-state index is 0.132. The molecule has 0 radical (unpaired) electrons. The van der Waals surface area contributed by atoms with Crippen molar-refractivity contribution in [1.82, 2.24) is 4.90 Å². The number of halogens is 3. The molecule has 0 atom stereocenters. The van der Waals surface area contributed by atoms with Gasteiger partial charge in [-0.2, -0.15) is 13.2 Å². The minimum Gasteiger partial charge on any atom is -0.380 e. The fourth-order valence-corrected chi connectivity index (χ4v) is 2.61. The molecule has 122 valence electrons. The third kappa shape index (κ3) is 3.52. The molecule has 0 aromatic heterocycles. The highest BCUT2D eigenvalue weighted by atomic mass is 19.4. The number of nitrogens with one attached hydrogen (secondary N) is 1. The van der Waals surface area contributed by atoms with Crippen molar-refractivity contribution >= 4 is 11.7 Å². The number of anilines is 1. The Labute approximate surface area is 126 Å². The molecule has 0 aliphatic carbocycles. The third-order valence-electron chi connectivity index (χ3n) is 3.88. The van der Waals surface area contributed by atoms with Crippen molar-refractivity contribution in [2.45, 2.75) is 38.5 Å². The first kappa shape index (κ1) is 16.6. The fourth-order valence-electron chi connectivity index (χ4n) is 2.61. The van der Waals surface area contributed by atoms with Crippen LogP contribution in [0.1, 0.15) is 24.0 Å². The smallest absolute Gasteiger partial charge is 0.380 e. The highest BCUT2D eigenvalue weighted by Crippen LogP contribution is 2.38. The van der Waals surface area contributed by atoms with Crippen LogP contribution in [-0.4, -0.2) is 40.9 Å². The second-order valence-electron chi connectivity index (χ2n) is 5.82. The van der Waals surface area contributed by atoms with Crippen molar-refractivity contribution in [1.29, 1.82) is 0 Å². The number of urea groups is 1. The number of amides is 2. The van der Waals surface area contributed by atoms with Crippen LogP contribution in [-0.2, 0) is 0 Å². The average molecular weight is 316 g/mol. The summed E-state index contributed by atoms with van der Waals surface area (Å²) in [5.74, 6) is 0. The number of carbonyl (C=O) groups is 1. The lowest BCUT2D eigenvalue weighted by Gasteiger charge is -2.39. The molecule has 1 aliphatic rings. The summed E-state index contributed by atoms with van der Waals surface area (Å²) in [6.45, 7) is 3.53. The van der Waals surface area contributed by atoms with Gasteiger partial charge in [0.05, 0.1) is 0 Å². The topological polar surface area (TPSA) is 52.6 Å². The number of aliphatic hydroxyl groups is 1. The molecule has 4 nitrogen and oxygen atoms in total. The fraction of sp³-hybridized carbons (Fsp3) is 0.533. The van der Waals surface area contributed by atoms with Gasteiger partial charge >= 0.3 is 12.2 Å². The SMILES string of the molecule is Cc1cc(C)cc(NC(=O)N2CCC(O)(C(F)(F)F)CC2)c1. The molecule has 2 N–H and O–H groups in total. The Hall–Kier alpha value is -1.76. The second-order valence-corrected chi connectivity index (χ2v) is 5.82. The number of benzene rings is 1. The summed E-state index contributed by atoms with van der Waals surface area (Å²) in [6.07, 6.45) is -5.67. The Kier molecular flexibility index (Phi) is 4.37. The Morgan fingerprint density at radius 1 is 1.18 bits per heavy atom. The molecule has 1 saturated heterocycles. The van der Waals surface area contributed by atoms with Crippen LogP contribution in [0.25, 0.3) is 0 Å². The molecule has 1 fully saturated rings. The largest absolute Gasteiger partial charge is 0.417 e. The van der Waals surface area contributed by atoms with Gasteiger partial charge in [0.25, 0.3) is 0 Å². The van der Waals surface area contributed by atoms with E-state index in [9.17, 15) is 23.1 Å². The molecule has 0 saturated carbocycles. The van der Waals surface area contributed by atoms with Gasteiger partial charge in [-0.1, -0.05) is 6.07 Å². The summed E-state index contributed by atoms with van der Waals surface area (Å²) < 4.78 is 38.2. The maximum absolute atomic E-state index is 12.7. The molecule has 22 heavy (non-hydrogen) atoms. The van der Waals surface area contributed by atoms with E-state index in [1.165, 1.54) is 4.90 Å². The predicted octanol–water partition coefficient (Wildman–Crippen LogP) is 3.22. The third-order valence-corrected chi connectivity index (χ3v) is 3.88. The number of piperidine rings is 1. The molecule has 1 aromatic carbocycles. The van der Waals surface area contributed by atoms with Gasteiger partial charge in [-0.25, -0.2) is 4.79 Å². The second kappa shape index (κ2) is 5.79. The normalized spacial score (nSPS) is 18.2. The van der Waals surface area contributed by atoms with Gasteiger partial charge in [0, 0.05) is 31.6 Å². The van der Waals surface area contributed by atoms with Gasteiger partial charge in [-0.3, -0.25) is 0 Å². The van der Waals surface area contributed by atoms with Crippen LogP contribution in [0.2, 0.25) is 0 Å². The molecular weight excluding hydrogens is 297 g/mol. The Balaban J connectivity index is 1.98. The van der Waals surface area contributed by atoms with Gasteiger partial charge in [-0.05, 0) is 37.1 Å². The summed E-state index contributed by atoms with van der Waals surface area (Å²) >= 11 is 0. The number of carbonyl (C=O) groups excluding carboxylic acids is 1. The van der Waals surface area contributed by atoms with Crippen molar-refractivity contribution in [2.75, 3.05) is 18.4 Å². The van der Waals surface area contributed by atoms with Crippen LogP contribution in [0.5, 0.6) is 0 Å². The van der Waals surface area contributed by atoms with Crippen molar-refractivity contribution < 1.29 is 23.1 Å². The average Bonchev–Trinajstić information content (AvgIpc) is 2.36. The van der Waals surface area contributed by atoms with Crippen LogP contribution in [0, 0.1) is 13.8 Å². The Morgan fingerprint density at radius 2 is 1.68 bits per heavy atom. The predicted molar refractivity (Wildman–Crippen MR) is 76.7 cm³/mol. The number of rotatable bonds is 1. The van der Waals surface area contributed by atoms with Crippen LogP contribution in [0.3, 0.4) is 0 Å². The number of nitrogens with zero attached hydrogens (tertiary/aromatic N) is 1. The van der Waals surface area contributed by atoms with E-state index in [0.29, 0.717) is 5.69 Å². The standard InChI is InChI=1S/C15H19F3N2O2/c1-10-7-11(2)9-12(8-10)19-13(21)20-5-3-14(22,4-6-20)15(16,17)18/h7-9,22H,3-6H2,1-2H3,(H,19,21). The van der Waals surface area contributed by atoms with Gasteiger partial charge in [0.15, 0.2) is 5.60 Å². The lowest BCUT2D eigenvalue weighted by Crippen LogP contribution is -2.55. The monoisotopic (exact) mass is 316 g/mol. The van der Waals surface area contributed by atoms with E-state index >= 15 is 0 Å². The van der Waals surface area contributed by atoms with Crippen LogP contribution >= 0.6 is 0 Å². The summed E-state index contributed by atoms with van der Waals surface area (Å²) in [6, 6.07) is 5.09. The number of alkyl halides is 3. The lowest BCUT2D eigenvalue weighted by atomic mass is 9.91. The Morgan fingerprint density at radius 3 is 2.14 bits per heavy atom. The molecule has 1 aliphatic heterocycles. The van der Waals surface area contributed by atoms with Gasteiger partial charge in [-0.15, -0.1) is 0 Å². The molecule has 0 spiro atoms. The van der Waals surface area contributed by atoms with Crippen molar-refractivity contribution in [3.8, 4) is 0 Å². The van der Waals surface area contributed by atoms with Crippen LogP contribution < -0.4 is 5.32 Å². The van der Waals surface area contributed by atoms with Crippen LogP contribution in [0.15, 0.2) is 18.2 Å². The molecular formula is C15H19F3N2O2. The molecule has 1 aromatic rings. The van der Waals surface area contributed by atoms with Crippen molar-refractivity contribution in [3.63, 3.8) is 0 Å². The number of hydrogen-bond acceptors (Lipinski definition) is 2. The number of hydrogen-bond donors (Lipinski definition) is 2. The molecule has 0 unspecified atom stereocenters. The maximum atomic E-state index is 12.7. The minimum atomic E-state index is -4.66. The van der Waals surface area contributed by atoms with E-state index in [1.807, 2.05) is 19.9 Å². The number of likely N-dealkylation sites (tertiary alicyclic amines) is 1. The zero-order valence-corrected chi connectivity index (χ0v) is 12.5. The zero-order valence-electron chi connectivity index (χ0n) is 12.5. The van der Waals surface area contributed by atoms with Gasteiger partial charge in [0.1, 0.15) is 0 Å². The highest BCUT2D eigenvalue weighted by molar-refractivity contribution is 5.89. The first-order valence-electron chi connectivity index (χ1n) is 7.04. The van der Waals surface area contributed by atoms with Crippen LogP contribution in [0.4, 0.5) is 23.7 Å². The molecule has 7 heteroatoms. The molecule has 2 amide bonds. The maximum Gasteiger partial charge on any atom is 0.417 e. The molecule has 2 rings (SSSR count). The van der Waals surface area contributed by atoms with E-state index in [1.54, 1.807) is 12.1 Å². The summed E-state index contributed by atoms with van der Waals surface area (Å²) in [4.78, 5) is 13.4.